The number of carboxylic acid groups (broad SMARTS) is 1. The van der Waals surface area contributed by atoms with E-state index in [4.69, 9.17) is 15.6 Å². The normalized spacial score (nSPS) is 12.3. The number of aliphatic carboxylic acids is 1. The Hall–Kier alpha value is -2.07. The van der Waals surface area contributed by atoms with E-state index in [0.29, 0.717) is 6.54 Å². The van der Waals surface area contributed by atoms with Crippen molar-refractivity contribution in [1.82, 2.24) is 0 Å². The highest BCUT2D eigenvalue weighted by atomic mass is 16.5. The van der Waals surface area contributed by atoms with Crippen molar-refractivity contribution in [1.29, 1.82) is 0 Å². The largest absolute Gasteiger partial charge is 0.497 e. The highest BCUT2D eigenvalue weighted by molar-refractivity contribution is 5.84. The molecule has 0 aliphatic heterocycles. The van der Waals surface area contributed by atoms with Crippen LogP contribution >= 0.6 is 0 Å². The molecule has 0 saturated carbocycles. The Labute approximate surface area is 111 Å². The van der Waals surface area contributed by atoms with Crippen LogP contribution in [0, 0.1) is 0 Å². The molecule has 0 heterocycles. The second kappa shape index (κ2) is 5.71. The maximum Gasteiger partial charge on any atom is 0.304 e. The third-order valence-electron chi connectivity index (χ3n) is 3.25. The van der Waals surface area contributed by atoms with Crippen molar-refractivity contribution in [3.63, 3.8) is 0 Å². The second-order valence-corrected chi connectivity index (χ2v) is 4.50. The van der Waals surface area contributed by atoms with Crippen molar-refractivity contribution < 1.29 is 14.6 Å². The van der Waals surface area contributed by atoms with E-state index in [1.54, 1.807) is 7.11 Å². The minimum Gasteiger partial charge on any atom is -0.497 e. The molecule has 100 valence electrons. The number of methoxy groups -OCH3 is 1. The average molecular weight is 259 g/mol. The third-order valence-corrected chi connectivity index (χ3v) is 3.25. The van der Waals surface area contributed by atoms with Crippen LogP contribution in [0.3, 0.4) is 0 Å². The van der Waals surface area contributed by atoms with E-state index in [0.717, 1.165) is 22.1 Å². The zero-order chi connectivity index (χ0) is 13.8. The van der Waals surface area contributed by atoms with Crippen LogP contribution in [0.5, 0.6) is 5.75 Å². The second-order valence-electron chi connectivity index (χ2n) is 4.50. The van der Waals surface area contributed by atoms with Crippen molar-refractivity contribution in [3.8, 4) is 5.75 Å². The fourth-order valence-electron chi connectivity index (χ4n) is 2.17. The number of carbonyl (C=O) groups is 1. The summed E-state index contributed by atoms with van der Waals surface area (Å²) in [5, 5.41) is 11.0. The zero-order valence-electron chi connectivity index (χ0n) is 10.8. The third kappa shape index (κ3) is 3.03. The first-order chi connectivity index (χ1) is 9.13. The molecule has 1 unspecified atom stereocenters. The van der Waals surface area contributed by atoms with E-state index in [9.17, 15) is 4.79 Å². The number of nitrogens with two attached hydrogens (primary N) is 1. The lowest BCUT2D eigenvalue weighted by Crippen LogP contribution is -2.16. The van der Waals surface area contributed by atoms with Gasteiger partial charge < -0.3 is 15.6 Å². The van der Waals surface area contributed by atoms with Gasteiger partial charge in [-0.2, -0.15) is 0 Å². The Balaban J connectivity index is 2.37. The first kappa shape index (κ1) is 13.4. The maximum atomic E-state index is 10.8. The van der Waals surface area contributed by atoms with Gasteiger partial charge in [0.1, 0.15) is 5.75 Å². The molecule has 0 aliphatic rings. The van der Waals surface area contributed by atoms with Crippen LogP contribution in [-0.2, 0) is 4.79 Å². The molecule has 0 saturated heterocycles. The molecule has 1 atom stereocenters. The van der Waals surface area contributed by atoms with Gasteiger partial charge in [0.2, 0.25) is 0 Å². The minimum absolute atomic E-state index is 0.0537. The first-order valence-corrected chi connectivity index (χ1v) is 6.13. The lowest BCUT2D eigenvalue weighted by atomic mass is 9.93. The van der Waals surface area contributed by atoms with Gasteiger partial charge in [-0.25, -0.2) is 0 Å². The Morgan fingerprint density at radius 1 is 1.26 bits per heavy atom. The van der Waals surface area contributed by atoms with Crippen molar-refractivity contribution in [2.45, 2.75) is 12.3 Å². The highest BCUT2D eigenvalue weighted by Crippen LogP contribution is 2.26. The Bertz CT molecular complexity index is 595. The van der Waals surface area contributed by atoms with Gasteiger partial charge >= 0.3 is 5.97 Å². The van der Waals surface area contributed by atoms with Crippen LogP contribution in [0.4, 0.5) is 0 Å². The number of benzene rings is 2. The molecular weight excluding hydrogens is 242 g/mol. The van der Waals surface area contributed by atoms with E-state index < -0.39 is 5.97 Å². The van der Waals surface area contributed by atoms with Gasteiger partial charge in [0.25, 0.3) is 0 Å². The van der Waals surface area contributed by atoms with Gasteiger partial charge in [0.15, 0.2) is 0 Å². The van der Waals surface area contributed by atoms with Gasteiger partial charge in [0, 0.05) is 5.92 Å². The van der Waals surface area contributed by atoms with Crippen molar-refractivity contribution in [2.75, 3.05) is 13.7 Å². The summed E-state index contributed by atoms with van der Waals surface area (Å²) in [4.78, 5) is 10.8. The summed E-state index contributed by atoms with van der Waals surface area (Å²) in [6, 6.07) is 11.7. The van der Waals surface area contributed by atoms with Crippen LogP contribution in [0.15, 0.2) is 36.4 Å². The summed E-state index contributed by atoms with van der Waals surface area (Å²) >= 11 is 0. The molecular formula is C15H17NO3. The predicted octanol–water partition coefficient (Wildman–Crippen LogP) is 2.37. The van der Waals surface area contributed by atoms with E-state index in [-0.39, 0.29) is 12.3 Å². The fraction of sp³-hybridized carbons (Fsp3) is 0.267. The monoisotopic (exact) mass is 259 g/mol. The lowest BCUT2D eigenvalue weighted by molar-refractivity contribution is -0.137. The zero-order valence-corrected chi connectivity index (χ0v) is 10.8. The van der Waals surface area contributed by atoms with Gasteiger partial charge in [-0.15, -0.1) is 0 Å². The van der Waals surface area contributed by atoms with Crippen LogP contribution in [0.25, 0.3) is 10.8 Å². The molecule has 0 aliphatic carbocycles. The topological polar surface area (TPSA) is 72.5 Å². The Kier molecular flexibility index (Phi) is 4.02. The average Bonchev–Trinajstić information content (AvgIpc) is 2.43. The van der Waals surface area contributed by atoms with Crippen molar-refractivity contribution >= 4 is 16.7 Å². The van der Waals surface area contributed by atoms with Crippen molar-refractivity contribution in [3.05, 3.63) is 42.0 Å². The minimum atomic E-state index is -0.828. The van der Waals surface area contributed by atoms with Crippen LogP contribution < -0.4 is 10.5 Å². The van der Waals surface area contributed by atoms with Gasteiger partial charge in [-0.05, 0) is 35.0 Å². The molecule has 0 radical (unpaired) electrons. The molecule has 0 spiro atoms. The number of hydrogen-bond donors (Lipinski definition) is 2. The predicted molar refractivity (Wildman–Crippen MR) is 74.5 cm³/mol. The van der Waals surface area contributed by atoms with Gasteiger partial charge in [-0.1, -0.05) is 24.3 Å². The number of hydrogen-bond acceptors (Lipinski definition) is 3. The molecule has 4 heteroatoms. The van der Waals surface area contributed by atoms with Gasteiger partial charge in [-0.3, -0.25) is 4.79 Å². The van der Waals surface area contributed by atoms with Crippen LogP contribution in [0.1, 0.15) is 17.9 Å². The molecule has 19 heavy (non-hydrogen) atoms. The molecule has 4 nitrogen and oxygen atoms in total. The number of rotatable bonds is 5. The van der Waals surface area contributed by atoms with E-state index in [1.807, 2.05) is 36.4 Å². The molecule has 0 bridgehead atoms. The molecule has 3 N–H and O–H groups in total. The summed E-state index contributed by atoms with van der Waals surface area (Å²) in [6.07, 6.45) is 0.0537. The molecule has 2 aromatic carbocycles. The van der Waals surface area contributed by atoms with E-state index >= 15 is 0 Å². The van der Waals surface area contributed by atoms with E-state index in [1.165, 1.54) is 0 Å². The Morgan fingerprint density at radius 2 is 1.95 bits per heavy atom. The van der Waals surface area contributed by atoms with Crippen LogP contribution in [0.2, 0.25) is 0 Å². The summed E-state index contributed by atoms with van der Waals surface area (Å²) in [5.41, 5.74) is 6.62. The number of ether oxygens (including phenoxy) is 1. The molecule has 2 aromatic rings. The SMILES string of the molecule is COc1ccc2cc(C(CN)CC(=O)O)ccc2c1. The summed E-state index contributed by atoms with van der Waals surface area (Å²) in [7, 11) is 1.63. The maximum absolute atomic E-state index is 10.8. The smallest absolute Gasteiger partial charge is 0.304 e. The van der Waals surface area contributed by atoms with E-state index in [2.05, 4.69) is 0 Å². The summed E-state index contributed by atoms with van der Waals surface area (Å²) < 4.78 is 5.18. The van der Waals surface area contributed by atoms with Crippen molar-refractivity contribution in [2.24, 2.45) is 5.73 Å². The molecule has 0 fully saturated rings. The molecule has 0 amide bonds. The number of fused-ring (bicyclic) bond motifs is 1. The lowest BCUT2D eigenvalue weighted by Gasteiger charge is -2.13. The van der Waals surface area contributed by atoms with Gasteiger partial charge in [0.05, 0.1) is 13.5 Å². The van der Waals surface area contributed by atoms with Crippen LogP contribution in [-0.4, -0.2) is 24.7 Å². The first-order valence-electron chi connectivity index (χ1n) is 6.13. The Morgan fingerprint density at radius 3 is 2.58 bits per heavy atom. The fourth-order valence-corrected chi connectivity index (χ4v) is 2.17. The number of carboxylic acids is 1. The summed E-state index contributed by atoms with van der Waals surface area (Å²) in [6.45, 7) is 0.327. The molecule has 2 rings (SSSR count). The highest BCUT2D eigenvalue weighted by Gasteiger charge is 2.14. The standard InChI is InChI=1S/C15H17NO3/c1-19-14-5-4-10-6-11(2-3-12(10)7-14)13(9-16)8-15(17)18/h2-7,13H,8-9,16H2,1H3,(H,17,18). The summed E-state index contributed by atoms with van der Waals surface area (Å²) in [5.74, 6) is -0.171. The quantitative estimate of drug-likeness (QED) is 0.864. The molecule has 0 aromatic heterocycles.